The quantitative estimate of drug-likeness (QED) is 0.692. The molecule has 0 saturated heterocycles. The second-order valence-electron chi connectivity index (χ2n) is 2.92. The summed E-state index contributed by atoms with van der Waals surface area (Å²) in [6, 6.07) is 0.359. The lowest BCUT2D eigenvalue weighted by atomic mass is 9.90. The number of rotatable bonds is 1. The molecule has 0 unspecified atom stereocenters. The Morgan fingerprint density at radius 2 is 2.36 bits per heavy atom. The van der Waals surface area contributed by atoms with Crippen molar-refractivity contribution in [3.63, 3.8) is 0 Å². The van der Waals surface area contributed by atoms with E-state index in [4.69, 9.17) is 16.7 Å². The molecule has 4 heteroatoms. The van der Waals surface area contributed by atoms with E-state index in [1.165, 1.54) is 0 Å². The van der Waals surface area contributed by atoms with Crippen molar-refractivity contribution in [1.29, 1.82) is 0 Å². The minimum Gasteiger partial charge on any atom is -0.393 e. The number of aliphatic hydroxyl groups excluding tert-OH is 1. The molecule has 3 nitrogen and oxygen atoms in total. The summed E-state index contributed by atoms with van der Waals surface area (Å²) >= 11 is 5.68. The van der Waals surface area contributed by atoms with E-state index >= 15 is 0 Å². The Labute approximate surface area is 69.6 Å². The van der Waals surface area contributed by atoms with E-state index in [-0.39, 0.29) is 6.10 Å². The van der Waals surface area contributed by atoms with E-state index in [0.717, 1.165) is 12.8 Å². The molecule has 1 fully saturated rings. The number of nitrogens with zero attached hydrogens (tertiary/aromatic N) is 2. The first kappa shape index (κ1) is 7.13. The Hall–Kier alpha value is -0.540. The lowest BCUT2D eigenvalue weighted by Crippen LogP contribution is -2.30. The molecule has 0 aliphatic heterocycles. The van der Waals surface area contributed by atoms with Gasteiger partial charge in [0, 0.05) is 6.20 Å². The maximum atomic E-state index is 9.01. The van der Waals surface area contributed by atoms with Gasteiger partial charge >= 0.3 is 0 Å². The van der Waals surface area contributed by atoms with Crippen LogP contribution in [0.2, 0.25) is 5.02 Å². The molecule has 1 aliphatic carbocycles. The van der Waals surface area contributed by atoms with Crippen molar-refractivity contribution >= 4 is 11.6 Å². The van der Waals surface area contributed by atoms with Gasteiger partial charge in [0.05, 0.1) is 23.4 Å². The van der Waals surface area contributed by atoms with Crippen molar-refractivity contribution in [1.82, 2.24) is 9.78 Å². The van der Waals surface area contributed by atoms with E-state index in [2.05, 4.69) is 5.10 Å². The highest BCUT2D eigenvalue weighted by Crippen LogP contribution is 2.31. The van der Waals surface area contributed by atoms with Crippen LogP contribution in [0.4, 0.5) is 0 Å². The van der Waals surface area contributed by atoms with Crippen molar-refractivity contribution < 1.29 is 5.11 Å². The number of hydrogen-bond donors (Lipinski definition) is 1. The average Bonchev–Trinajstić information content (AvgIpc) is 2.29. The van der Waals surface area contributed by atoms with Crippen LogP contribution in [-0.4, -0.2) is 21.0 Å². The number of hydrogen-bond acceptors (Lipinski definition) is 2. The first-order chi connectivity index (χ1) is 5.25. The van der Waals surface area contributed by atoms with Crippen LogP contribution in [0.3, 0.4) is 0 Å². The second kappa shape index (κ2) is 2.50. The van der Waals surface area contributed by atoms with E-state index < -0.39 is 0 Å². The molecule has 0 amide bonds. The van der Waals surface area contributed by atoms with Crippen molar-refractivity contribution in [2.75, 3.05) is 0 Å². The summed E-state index contributed by atoms with van der Waals surface area (Å²) in [6.45, 7) is 0. The van der Waals surface area contributed by atoms with Gasteiger partial charge in [0.2, 0.25) is 0 Å². The van der Waals surface area contributed by atoms with Gasteiger partial charge in [0.25, 0.3) is 0 Å². The molecule has 2 rings (SSSR count). The third-order valence-electron chi connectivity index (χ3n) is 2.03. The fourth-order valence-electron chi connectivity index (χ4n) is 1.29. The first-order valence-corrected chi connectivity index (χ1v) is 4.01. The smallest absolute Gasteiger partial charge is 0.0785 e. The molecule has 1 aromatic heterocycles. The predicted molar refractivity (Wildman–Crippen MR) is 41.5 cm³/mol. The topological polar surface area (TPSA) is 38.0 Å². The summed E-state index contributed by atoms with van der Waals surface area (Å²) in [4.78, 5) is 0. The average molecular weight is 173 g/mol. The molecule has 1 aliphatic rings. The SMILES string of the molecule is OC1CC(n2cc(Cl)cn2)C1. The van der Waals surface area contributed by atoms with Crippen LogP contribution in [-0.2, 0) is 0 Å². The van der Waals surface area contributed by atoms with Crippen LogP contribution >= 0.6 is 11.6 Å². The number of halogens is 1. The first-order valence-electron chi connectivity index (χ1n) is 3.63. The zero-order valence-corrected chi connectivity index (χ0v) is 6.70. The summed E-state index contributed by atoms with van der Waals surface area (Å²) in [5.41, 5.74) is 0. The summed E-state index contributed by atoms with van der Waals surface area (Å²) < 4.78 is 1.81. The highest BCUT2D eigenvalue weighted by atomic mass is 35.5. The molecule has 11 heavy (non-hydrogen) atoms. The zero-order chi connectivity index (χ0) is 7.84. The van der Waals surface area contributed by atoms with Crippen molar-refractivity contribution in [3.05, 3.63) is 17.4 Å². The maximum absolute atomic E-state index is 9.01. The summed E-state index contributed by atoms with van der Waals surface area (Å²) in [5, 5.41) is 13.7. The van der Waals surface area contributed by atoms with Gasteiger partial charge < -0.3 is 5.11 Å². The van der Waals surface area contributed by atoms with E-state index in [9.17, 15) is 0 Å². The molecule has 0 bridgehead atoms. The van der Waals surface area contributed by atoms with Gasteiger partial charge in [0.15, 0.2) is 0 Å². The molecule has 0 atom stereocenters. The van der Waals surface area contributed by atoms with Crippen molar-refractivity contribution in [2.24, 2.45) is 0 Å². The highest BCUT2D eigenvalue weighted by Gasteiger charge is 2.28. The van der Waals surface area contributed by atoms with Gasteiger partial charge in [-0.15, -0.1) is 0 Å². The van der Waals surface area contributed by atoms with Gasteiger partial charge in [-0.25, -0.2) is 0 Å². The van der Waals surface area contributed by atoms with Crippen LogP contribution in [0.25, 0.3) is 0 Å². The third kappa shape index (κ3) is 1.26. The highest BCUT2D eigenvalue weighted by molar-refractivity contribution is 6.30. The Bertz CT molecular complexity index is 255. The summed E-state index contributed by atoms with van der Waals surface area (Å²) in [7, 11) is 0. The standard InChI is InChI=1S/C7H9ClN2O/c8-5-3-9-10(4-5)6-1-7(11)2-6/h3-4,6-7,11H,1-2H2. The summed E-state index contributed by atoms with van der Waals surface area (Å²) in [6.07, 6.45) is 4.88. The molecule has 1 heterocycles. The monoisotopic (exact) mass is 172 g/mol. The molecule has 0 aromatic carbocycles. The summed E-state index contributed by atoms with van der Waals surface area (Å²) in [5.74, 6) is 0. The lowest BCUT2D eigenvalue weighted by Gasteiger charge is -2.31. The van der Waals surface area contributed by atoms with Crippen LogP contribution in [0.5, 0.6) is 0 Å². The van der Waals surface area contributed by atoms with Crippen LogP contribution in [0.1, 0.15) is 18.9 Å². The molecule has 60 valence electrons. The van der Waals surface area contributed by atoms with E-state index in [1.54, 1.807) is 12.4 Å². The minimum absolute atomic E-state index is 0.136. The molecular formula is C7H9ClN2O. The number of aromatic nitrogens is 2. The maximum Gasteiger partial charge on any atom is 0.0785 e. The molecule has 0 radical (unpaired) electrons. The van der Waals surface area contributed by atoms with Gasteiger partial charge in [-0.1, -0.05) is 11.6 Å². The molecular weight excluding hydrogens is 164 g/mol. The molecule has 1 saturated carbocycles. The van der Waals surface area contributed by atoms with Gasteiger partial charge in [0.1, 0.15) is 0 Å². The molecule has 1 aromatic rings. The Morgan fingerprint density at radius 3 is 2.82 bits per heavy atom. The minimum atomic E-state index is -0.136. The molecule has 0 spiro atoms. The fourth-order valence-corrected chi connectivity index (χ4v) is 1.43. The Balaban J connectivity index is 2.07. The second-order valence-corrected chi connectivity index (χ2v) is 3.35. The third-order valence-corrected chi connectivity index (χ3v) is 2.23. The van der Waals surface area contributed by atoms with E-state index in [0.29, 0.717) is 11.1 Å². The predicted octanol–water partition coefficient (Wildman–Crippen LogP) is 1.23. The largest absolute Gasteiger partial charge is 0.393 e. The van der Waals surface area contributed by atoms with Crippen molar-refractivity contribution in [2.45, 2.75) is 25.0 Å². The van der Waals surface area contributed by atoms with Crippen LogP contribution in [0, 0.1) is 0 Å². The van der Waals surface area contributed by atoms with Crippen LogP contribution < -0.4 is 0 Å². The van der Waals surface area contributed by atoms with Gasteiger partial charge in [-0.05, 0) is 12.8 Å². The number of aliphatic hydroxyl groups is 1. The molecule has 1 N–H and O–H groups in total. The Kier molecular flexibility index (Phi) is 1.62. The van der Waals surface area contributed by atoms with Gasteiger partial charge in [-0.3, -0.25) is 4.68 Å². The zero-order valence-electron chi connectivity index (χ0n) is 5.94. The van der Waals surface area contributed by atoms with Gasteiger partial charge in [-0.2, -0.15) is 5.10 Å². The lowest BCUT2D eigenvalue weighted by molar-refractivity contribution is 0.0434. The fraction of sp³-hybridized carbons (Fsp3) is 0.571. The normalized spacial score (nSPS) is 30.0. The van der Waals surface area contributed by atoms with E-state index in [1.807, 2.05) is 4.68 Å². The van der Waals surface area contributed by atoms with Crippen LogP contribution in [0.15, 0.2) is 12.4 Å². The Morgan fingerprint density at radius 1 is 1.64 bits per heavy atom. The van der Waals surface area contributed by atoms with Crippen molar-refractivity contribution in [3.8, 4) is 0 Å².